The Morgan fingerprint density at radius 3 is 2.62 bits per heavy atom. The molecule has 0 aromatic rings. The van der Waals surface area contributed by atoms with E-state index in [1.54, 1.807) is 12.2 Å². The van der Waals surface area contributed by atoms with Gasteiger partial charge in [-0.2, -0.15) is 0 Å². The zero-order chi connectivity index (χ0) is 5.98. The van der Waals surface area contributed by atoms with Gasteiger partial charge in [-0.25, -0.2) is 0 Å². The van der Waals surface area contributed by atoms with Crippen molar-refractivity contribution in [3.05, 3.63) is 23.8 Å². The first kappa shape index (κ1) is 5.25. The van der Waals surface area contributed by atoms with E-state index in [0.29, 0.717) is 5.57 Å². The number of allylic oxidation sites excluding steroid dienone is 3. The summed E-state index contributed by atoms with van der Waals surface area (Å²) in [6, 6.07) is 0. The van der Waals surface area contributed by atoms with Crippen LogP contribution in [0.4, 0.5) is 0 Å². The molecule has 2 heteroatoms. The van der Waals surface area contributed by atoms with Crippen LogP contribution >= 0.6 is 0 Å². The third kappa shape index (κ3) is 0.699. The van der Waals surface area contributed by atoms with Gasteiger partial charge in [0.25, 0.3) is 0 Å². The van der Waals surface area contributed by atoms with Crippen molar-refractivity contribution in [2.45, 2.75) is 0 Å². The fourth-order valence-electron chi connectivity index (χ4n) is 0.571. The number of carbonyl (C=O) groups is 1. The fourth-order valence-corrected chi connectivity index (χ4v) is 0.571. The van der Waals surface area contributed by atoms with Gasteiger partial charge in [-0.15, -0.1) is 0 Å². The molecule has 0 aromatic carbocycles. The van der Waals surface area contributed by atoms with Crippen molar-refractivity contribution in [1.29, 1.82) is 0 Å². The summed E-state index contributed by atoms with van der Waals surface area (Å²) in [5.41, 5.74) is 0.477. The largest absolute Gasteiger partial charge is 0.392 e. The average Bonchev–Trinajstić information content (AvgIpc) is 2.14. The van der Waals surface area contributed by atoms with E-state index in [4.69, 9.17) is 5.11 Å². The molecule has 0 aromatic heterocycles. The first-order valence-electron chi connectivity index (χ1n) is 2.37. The van der Waals surface area contributed by atoms with Crippen LogP contribution in [-0.4, -0.2) is 17.5 Å². The minimum Gasteiger partial charge on any atom is -0.392 e. The second-order valence-corrected chi connectivity index (χ2v) is 1.57. The van der Waals surface area contributed by atoms with E-state index in [1.807, 2.05) is 0 Å². The number of rotatable bonds is 1. The molecule has 0 radical (unpaired) electrons. The maximum atomic E-state index is 10.5. The minimum atomic E-state index is -0.147. The molecule has 0 atom stereocenters. The summed E-state index contributed by atoms with van der Waals surface area (Å²) in [4.78, 5) is 10.5. The van der Waals surface area contributed by atoms with Crippen LogP contribution in [0.2, 0.25) is 0 Å². The molecule has 0 aliphatic heterocycles. The first-order chi connectivity index (χ1) is 3.84. The molecule has 0 fully saturated rings. The van der Waals surface area contributed by atoms with Gasteiger partial charge in [-0.1, -0.05) is 12.2 Å². The maximum absolute atomic E-state index is 10.5. The van der Waals surface area contributed by atoms with Crippen LogP contribution in [0.25, 0.3) is 0 Å². The fraction of sp³-hybridized carbons (Fsp3) is 0.167. The van der Waals surface area contributed by atoms with Crippen molar-refractivity contribution in [2.24, 2.45) is 0 Å². The van der Waals surface area contributed by atoms with Crippen molar-refractivity contribution < 1.29 is 9.90 Å². The number of aliphatic hydroxyl groups is 1. The lowest BCUT2D eigenvalue weighted by Crippen LogP contribution is -1.97. The second kappa shape index (κ2) is 1.92. The van der Waals surface area contributed by atoms with E-state index in [1.165, 1.54) is 6.08 Å². The highest BCUT2D eigenvalue weighted by atomic mass is 16.3. The van der Waals surface area contributed by atoms with Crippen LogP contribution in [0, 0.1) is 0 Å². The molecule has 0 saturated heterocycles. The quantitative estimate of drug-likeness (QED) is 0.517. The molecule has 0 saturated carbocycles. The summed E-state index contributed by atoms with van der Waals surface area (Å²) in [5.74, 6) is -0.0764. The average molecular weight is 110 g/mol. The van der Waals surface area contributed by atoms with Gasteiger partial charge < -0.3 is 5.11 Å². The van der Waals surface area contributed by atoms with Gasteiger partial charge in [0, 0.05) is 5.57 Å². The highest BCUT2D eigenvalue weighted by molar-refractivity contribution is 6.06. The van der Waals surface area contributed by atoms with Crippen molar-refractivity contribution >= 4 is 5.78 Å². The van der Waals surface area contributed by atoms with Crippen molar-refractivity contribution in [1.82, 2.24) is 0 Å². The summed E-state index contributed by atoms with van der Waals surface area (Å²) in [6.07, 6.45) is 4.68. The van der Waals surface area contributed by atoms with Crippen molar-refractivity contribution in [2.75, 3.05) is 6.61 Å². The topological polar surface area (TPSA) is 37.3 Å². The Balaban J connectivity index is 2.73. The molecular formula is C6H6O2. The number of hydrogen-bond donors (Lipinski definition) is 1. The van der Waals surface area contributed by atoms with Crippen LogP contribution in [0.3, 0.4) is 0 Å². The molecule has 0 spiro atoms. The van der Waals surface area contributed by atoms with Crippen LogP contribution in [-0.2, 0) is 4.79 Å². The van der Waals surface area contributed by atoms with E-state index in [9.17, 15) is 4.79 Å². The third-order valence-electron chi connectivity index (χ3n) is 1.03. The predicted molar refractivity (Wildman–Crippen MR) is 29.3 cm³/mol. The van der Waals surface area contributed by atoms with E-state index < -0.39 is 0 Å². The standard InChI is InChI=1S/C6H6O2/c7-4-5-2-1-3-6(5)8/h1-3,7H,4H2. The number of ketones is 1. The molecule has 1 aliphatic carbocycles. The van der Waals surface area contributed by atoms with Gasteiger partial charge >= 0.3 is 0 Å². The summed E-state index contributed by atoms with van der Waals surface area (Å²) in [5, 5.41) is 8.41. The smallest absolute Gasteiger partial charge is 0.184 e. The zero-order valence-electron chi connectivity index (χ0n) is 4.29. The lowest BCUT2D eigenvalue weighted by Gasteiger charge is -1.87. The van der Waals surface area contributed by atoms with Gasteiger partial charge in [0.15, 0.2) is 5.78 Å². The molecule has 1 N–H and O–H groups in total. The van der Waals surface area contributed by atoms with Gasteiger partial charge in [-0.05, 0) is 6.08 Å². The van der Waals surface area contributed by atoms with Gasteiger partial charge in [0.1, 0.15) is 0 Å². The monoisotopic (exact) mass is 110 g/mol. The normalized spacial score (nSPS) is 17.1. The van der Waals surface area contributed by atoms with Crippen LogP contribution in [0.15, 0.2) is 23.8 Å². The third-order valence-corrected chi connectivity index (χ3v) is 1.03. The summed E-state index contributed by atoms with van der Waals surface area (Å²) in [6.45, 7) is -0.147. The van der Waals surface area contributed by atoms with Crippen LogP contribution in [0.1, 0.15) is 0 Å². The zero-order valence-corrected chi connectivity index (χ0v) is 4.29. The Morgan fingerprint density at radius 1 is 1.62 bits per heavy atom. The Labute approximate surface area is 47.1 Å². The van der Waals surface area contributed by atoms with Gasteiger partial charge in [0.05, 0.1) is 6.61 Å². The van der Waals surface area contributed by atoms with E-state index in [2.05, 4.69) is 0 Å². The lowest BCUT2D eigenvalue weighted by molar-refractivity contribution is -0.111. The van der Waals surface area contributed by atoms with E-state index in [-0.39, 0.29) is 12.4 Å². The maximum Gasteiger partial charge on any atom is 0.184 e. The number of carbonyl (C=O) groups excluding carboxylic acids is 1. The van der Waals surface area contributed by atoms with Crippen molar-refractivity contribution in [3.8, 4) is 0 Å². The highest BCUT2D eigenvalue weighted by Gasteiger charge is 2.06. The molecule has 1 rings (SSSR count). The van der Waals surface area contributed by atoms with Crippen LogP contribution in [0.5, 0.6) is 0 Å². The predicted octanol–water partition coefficient (Wildman–Crippen LogP) is 0.0440. The summed E-state index contributed by atoms with van der Waals surface area (Å²) in [7, 11) is 0. The van der Waals surface area contributed by atoms with Crippen LogP contribution < -0.4 is 0 Å². The summed E-state index contributed by atoms with van der Waals surface area (Å²) < 4.78 is 0. The minimum absolute atomic E-state index is 0.0764. The molecular weight excluding hydrogens is 104 g/mol. The molecule has 0 unspecified atom stereocenters. The first-order valence-corrected chi connectivity index (χ1v) is 2.37. The Kier molecular flexibility index (Phi) is 1.26. The molecule has 2 nitrogen and oxygen atoms in total. The van der Waals surface area contributed by atoms with E-state index >= 15 is 0 Å². The number of aliphatic hydroxyl groups excluding tert-OH is 1. The van der Waals surface area contributed by atoms with E-state index in [0.717, 1.165) is 0 Å². The van der Waals surface area contributed by atoms with Gasteiger partial charge in [0.2, 0.25) is 0 Å². The molecule has 0 bridgehead atoms. The Bertz CT molecular complexity index is 165. The SMILES string of the molecule is O=C1C=CC=C1CO. The van der Waals surface area contributed by atoms with Gasteiger partial charge in [-0.3, -0.25) is 4.79 Å². The molecule has 0 amide bonds. The lowest BCUT2D eigenvalue weighted by atomic mass is 10.2. The molecule has 42 valence electrons. The molecule has 1 aliphatic rings. The highest BCUT2D eigenvalue weighted by Crippen LogP contribution is 2.03. The second-order valence-electron chi connectivity index (χ2n) is 1.57. The number of hydrogen-bond acceptors (Lipinski definition) is 2. The summed E-state index contributed by atoms with van der Waals surface area (Å²) >= 11 is 0. The Hall–Kier alpha value is -0.890. The molecule has 8 heavy (non-hydrogen) atoms. The van der Waals surface area contributed by atoms with Crippen molar-refractivity contribution in [3.63, 3.8) is 0 Å². The Morgan fingerprint density at radius 2 is 2.38 bits per heavy atom. The molecule has 0 heterocycles.